The molecule has 19 heavy (non-hydrogen) atoms. The van der Waals surface area contributed by atoms with Crippen LogP contribution in [0.3, 0.4) is 0 Å². The zero-order valence-electron chi connectivity index (χ0n) is 10.5. The van der Waals surface area contributed by atoms with Gasteiger partial charge in [0, 0.05) is 18.2 Å². The zero-order chi connectivity index (χ0) is 14.2. The van der Waals surface area contributed by atoms with Crippen LogP contribution >= 0.6 is 23.2 Å². The normalized spacial score (nSPS) is 17.9. The predicted octanol–water partition coefficient (Wildman–Crippen LogP) is 3.44. The van der Waals surface area contributed by atoms with Gasteiger partial charge in [-0.25, -0.2) is 0 Å². The van der Waals surface area contributed by atoms with Crippen LogP contribution in [-0.4, -0.2) is 17.0 Å². The van der Waals surface area contributed by atoms with E-state index in [9.17, 15) is 10.1 Å². The molecular weight excluding hydrogens is 289 g/mol. The second kappa shape index (κ2) is 5.15. The number of hydrogen-bond acceptors (Lipinski definition) is 4. The fourth-order valence-corrected chi connectivity index (χ4v) is 2.46. The van der Waals surface area contributed by atoms with Gasteiger partial charge in [0.25, 0.3) is 5.69 Å². The Morgan fingerprint density at radius 2 is 2.05 bits per heavy atom. The van der Waals surface area contributed by atoms with E-state index in [0.717, 1.165) is 12.8 Å². The number of hydrogen-bond donors (Lipinski definition) is 2. The molecule has 0 aromatic heterocycles. The largest absolute Gasteiger partial charge is 0.373 e. The Morgan fingerprint density at radius 3 is 2.53 bits per heavy atom. The second-order valence-electron chi connectivity index (χ2n) is 5.06. The van der Waals surface area contributed by atoms with E-state index in [1.165, 1.54) is 12.1 Å². The summed E-state index contributed by atoms with van der Waals surface area (Å²) < 4.78 is 0. The summed E-state index contributed by atoms with van der Waals surface area (Å²) in [6.07, 6.45) is 2.16. The van der Waals surface area contributed by atoms with Gasteiger partial charge in [-0.2, -0.15) is 0 Å². The first-order chi connectivity index (χ1) is 8.87. The van der Waals surface area contributed by atoms with E-state index >= 15 is 0 Å². The number of benzene rings is 1. The maximum absolute atomic E-state index is 11.1. The van der Waals surface area contributed by atoms with Crippen molar-refractivity contribution in [2.24, 2.45) is 11.7 Å². The van der Waals surface area contributed by atoms with Crippen LogP contribution in [0.15, 0.2) is 12.1 Å². The number of nitrogens with one attached hydrogen (secondary N) is 1. The highest BCUT2D eigenvalue weighted by atomic mass is 35.5. The van der Waals surface area contributed by atoms with Gasteiger partial charge < -0.3 is 11.1 Å². The van der Waals surface area contributed by atoms with Gasteiger partial charge in [-0.1, -0.05) is 23.2 Å². The topological polar surface area (TPSA) is 81.2 Å². The van der Waals surface area contributed by atoms with E-state index in [4.69, 9.17) is 28.9 Å². The van der Waals surface area contributed by atoms with Gasteiger partial charge in [0.05, 0.1) is 15.0 Å². The summed E-state index contributed by atoms with van der Waals surface area (Å²) in [6, 6.07) is 2.74. The standard InChI is InChI=1S/C12H15Cl2N3O2/c1-12(6-15,7-2-3-7)16-10-4-8(13)9(14)5-11(10)17(18)19/h4-5,7,16H,2-3,6,15H2,1H3. The highest BCUT2D eigenvalue weighted by Crippen LogP contribution is 2.43. The van der Waals surface area contributed by atoms with Gasteiger partial charge in [0.15, 0.2) is 0 Å². The molecule has 5 nitrogen and oxygen atoms in total. The Hall–Kier alpha value is -1.04. The Labute approximate surface area is 121 Å². The molecule has 1 aromatic rings. The average Bonchev–Trinajstić information content (AvgIpc) is 3.17. The summed E-state index contributed by atoms with van der Waals surface area (Å²) >= 11 is 11.8. The molecule has 3 N–H and O–H groups in total. The molecule has 1 aromatic carbocycles. The van der Waals surface area contributed by atoms with Crippen LogP contribution in [0.25, 0.3) is 0 Å². The molecule has 1 atom stereocenters. The fraction of sp³-hybridized carbons (Fsp3) is 0.500. The molecule has 0 aliphatic heterocycles. The molecule has 0 spiro atoms. The van der Waals surface area contributed by atoms with E-state index < -0.39 is 4.92 Å². The molecule has 1 aliphatic carbocycles. The van der Waals surface area contributed by atoms with Gasteiger partial charge in [-0.3, -0.25) is 10.1 Å². The molecule has 1 aliphatic rings. The van der Waals surface area contributed by atoms with Crippen LogP contribution < -0.4 is 11.1 Å². The van der Waals surface area contributed by atoms with Gasteiger partial charge in [0.1, 0.15) is 5.69 Å². The lowest BCUT2D eigenvalue weighted by molar-refractivity contribution is -0.384. The number of nitro groups is 1. The lowest BCUT2D eigenvalue weighted by Gasteiger charge is -2.30. The number of halogens is 2. The summed E-state index contributed by atoms with van der Waals surface area (Å²) in [5.41, 5.74) is 5.71. The van der Waals surface area contributed by atoms with Crippen LogP contribution in [0.2, 0.25) is 10.0 Å². The maximum atomic E-state index is 11.1. The average molecular weight is 304 g/mol. The lowest BCUT2D eigenvalue weighted by atomic mass is 9.95. The Kier molecular flexibility index (Phi) is 3.90. The smallest absolute Gasteiger partial charge is 0.293 e. The van der Waals surface area contributed by atoms with Crippen molar-refractivity contribution in [2.75, 3.05) is 11.9 Å². The first-order valence-corrected chi connectivity index (χ1v) is 6.74. The van der Waals surface area contributed by atoms with Crippen molar-refractivity contribution in [1.82, 2.24) is 0 Å². The number of anilines is 1. The van der Waals surface area contributed by atoms with Gasteiger partial charge >= 0.3 is 0 Å². The third-order valence-corrected chi connectivity index (χ3v) is 4.28. The SMILES string of the molecule is CC(CN)(Nc1cc(Cl)c(Cl)cc1[N+](=O)[O-])C1CC1. The number of nitrogens with zero attached hydrogens (tertiary/aromatic N) is 1. The minimum atomic E-state index is -0.478. The summed E-state index contributed by atoms with van der Waals surface area (Å²) in [5, 5.41) is 14.7. The number of nitrogens with two attached hydrogens (primary N) is 1. The zero-order valence-corrected chi connectivity index (χ0v) is 12.0. The monoisotopic (exact) mass is 303 g/mol. The van der Waals surface area contributed by atoms with Gasteiger partial charge in [-0.15, -0.1) is 0 Å². The maximum Gasteiger partial charge on any atom is 0.293 e. The van der Waals surface area contributed by atoms with Crippen LogP contribution in [0, 0.1) is 16.0 Å². The molecule has 0 heterocycles. The molecule has 1 unspecified atom stereocenters. The second-order valence-corrected chi connectivity index (χ2v) is 5.88. The van der Waals surface area contributed by atoms with Crippen LogP contribution in [0.5, 0.6) is 0 Å². The van der Waals surface area contributed by atoms with E-state index in [2.05, 4.69) is 5.32 Å². The molecule has 7 heteroatoms. The Balaban J connectivity index is 2.38. The van der Waals surface area contributed by atoms with Gasteiger partial charge in [0.2, 0.25) is 0 Å². The summed E-state index contributed by atoms with van der Waals surface area (Å²) in [5.74, 6) is 0.437. The predicted molar refractivity (Wildman–Crippen MR) is 76.9 cm³/mol. The van der Waals surface area contributed by atoms with E-state index in [-0.39, 0.29) is 21.3 Å². The van der Waals surface area contributed by atoms with E-state index in [1.807, 2.05) is 6.92 Å². The van der Waals surface area contributed by atoms with Crippen molar-refractivity contribution >= 4 is 34.6 Å². The highest BCUT2D eigenvalue weighted by Gasteiger charge is 2.41. The molecule has 104 valence electrons. The summed E-state index contributed by atoms with van der Waals surface area (Å²) in [6.45, 7) is 2.37. The molecular formula is C12H15Cl2N3O2. The van der Waals surface area contributed by atoms with Crippen molar-refractivity contribution in [3.63, 3.8) is 0 Å². The fourth-order valence-electron chi connectivity index (χ4n) is 2.14. The summed E-state index contributed by atoms with van der Waals surface area (Å²) in [7, 11) is 0. The highest BCUT2D eigenvalue weighted by molar-refractivity contribution is 6.42. The van der Waals surface area contributed by atoms with Crippen LogP contribution in [0.4, 0.5) is 11.4 Å². The minimum Gasteiger partial charge on any atom is -0.373 e. The molecule has 1 fully saturated rings. The Morgan fingerprint density at radius 1 is 1.47 bits per heavy atom. The molecule has 1 saturated carbocycles. The van der Waals surface area contributed by atoms with Crippen LogP contribution in [-0.2, 0) is 0 Å². The minimum absolute atomic E-state index is 0.0882. The molecule has 0 amide bonds. The lowest BCUT2D eigenvalue weighted by Crippen LogP contribution is -2.44. The van der Waals surface area contributed by atoms with Crippen molar-refractivity contribution in [3.05, 3.63) is 32.3 Å². The van der Waals surface area contributed by atoms with Crippen molar-refractivity contribution in [1.29, 1.82) is 0 Å². The molecule has 0 bridgehead atoms. The number of rotatable bonds is 5. The number of nitro benzene ring substituents is 1. The molecule has 2 rings (SSSR count). The van der Waals surface area contributed by atoms with Crippen molar-refractivity contribution < 1.29 is 4.92 Å². The van der Waals surface area contributed by atoms with Crippen molar-refractivity contribution in [3.8, 4) is 0 Å². The first-order valence-electron chi connectivity index (χ1n) is 5.99. The first kappa shape index (κ1) is 14.4. The van der Waals surface area contributed by atoms with E-state index in [1.54, 1.807) is 0 Å². The quantitative estimate of drug-likeness (QED) is 0.645. The third-order valence-electron chi connectivity index (χ3n) is 3.56. The van der Waals surface area contributed by atoms with Crippen molar-refractivity contribution in [2.45, 2.75) is 25.3 Å². The molecule has 0 radical (unpaired) electrons. The van der Waals surface area contributed by atoms with Crippen LogP contribution in [0.1, 0.15) is 19.8 Å². The summed E-state index contributed by atoms with van der Waals surface area (Å²) in [4.78, 5) is 10.6. The third kappa shape index (κ3) is 2.94. The Bertz CT molecular complexity index is 520. The van der Waals surface area contributed by atoms with E-state index in [0.29, 0.717) is 18.2 Å². The van der Waals surface area contributed by atoms with Gasteiger partial charge in [-0.05, 0) is 31.7 Å². The molecule has 0 saturated heterocycles.